The molecule has 3 N–H and O–H groups in total. The van der Waals surface area contributed by atoms with Crippen LogP contribution in [0.15, 0.2) is 0 Å². The van der Waals surface area contributed by atoms with Crippen LogP contribution in [-0.4, -0.2) is 55.2 Å². The van der Waals surface area contributed by atoms with E-state index in [9.17, 15) is 4.79 Å². The molecule has 0 aromatic rings. The third kappa shape index (κ3) is 5.04. The Morgan fingerprint density at radius 3 is 2.50 bits per heavy atom. The topological polar surface area (TPSA) is 67.6 Å². The summed E-state index contributed by atoms with van der Waals surface area (Å²) in [6.07, 6.45) is 1.63. The molecule has 1 fully saturated rings. The van der Waals surface area contributed by atoms with Gasteiger partial charge in [-0.3, -0.25) is 9.69 Å². The van der Waals surface area contributed by atoms with Gasteiger partial charge in [0, 0.05) is 25.7 Å². The summed E-state index contributed by atoms with van der Waals surface area (Å²) >= 11 is 0. The molecule has 0 aliphatic carbocycles. The summed E-state index contributed by atoms with van der Waals surface area (Å²) in [7, 11) is 0. The van der Waals surface area contributed by atoms with Crippen molar-refractivity contribution in [2.75, 3.05) is 32.8 Å². The number of nitrogens with two attached hydrogens (primary N) is 1. The van der Waals surface area contributed by atoms with Crippen molar-refractivity contribution in [1.29, 1.82) is 0 Å². The third-order valence-corrected chi connectivity index (χ3v) is 4.04. The molecule has 0 aromatic carbocycles. The third-order valence-electron chi connectivity index (χ3n) is 4.04. The Bertz CT molecular complexity index is 299. The number of nitrogens with one attached hydrogen (secondary N) is 1. The molecule has 1 amide bonds. The molecule has 118 valence electrons. The molecule has 1 rings (SSSR count). The summed E-state index contributed by atoms with van der Waals surface area (Å²) in [6, 6.07) is 0.347. The van der Waals surface area contributed by atoms with Gasteiger partial charge in [-0.05, 0) is 19.3 Å². The first-order valence-corrected chi connectivity index (χ1v) is 7.77. The predicted molar refractivity (Wildman–Crippen MR) is 81.5 cm³/mol. The van der Waals surface area contributed by atoms with E-state index in [1.165, 1.54) is 0 Å². The molecule has 1 aliphatic rings. The van der Waals surface area contributed by atoms with Crippen LogP contribution in [0.5, 0.6) is 0 Å². The summed E-state index contributed by atoms with van der Waals surface area (Å²) < 4.78 is 5.39. The lowest BCUT2D eigenvalue weighted by molar-refractivity contribution is -0.126. The molecule has 20 heavy (non-hydrogen) atoms. The summed E-state index contributed by atoms with van der Waals surface area (Å²) in [5.41, 5.74) is 5.30. The van der Waals surface area contributed by atoms with Gasteiger partial charge in [0.2, 0.25) is 5.91 Å². The summed E-state index contributed by atoms with van der Waals surface area (Å²) in [6.45, 7) is 12.3. The van der Waals surface area contributed by atoms with Crippen LogP contribution < -0.4 is 11.1 Å². The maximum absolute atomic E-state index is 12.2. The Hall–Kier alpha value is -0.650. The molecule has 2 atom stereocenters. The number of hydrogen-bond acceptors (Lipinski definition) is 4. The van der Waals surface area contributed by atoms with Gasteiger partial charge in [0.15, 0.2) is 0 Å². The molecule has 0 saturated carbocycles. The van der Waals surface area contributed by atoms with Crippen LogP contribution in [-0.2, 0) is 9.53 Å². The first-order valence-electron chi connectivity index (χ1n) is 7.77. The van der Waals surface area contributed by atoms with E-state index >= 15 is 0 Å². The monoisotopic (exact) mass is 285 g/mol. The van der Waals surface area contributed by atoms with Crippen molar-refractivity contribution >= 4 is 5.91 Å². The summed E-state index contributed by atoms with van der Waals surface area (Å²) in [4.78, 5) is 14.6. The second kappa shape index (κ2) is 7.96. The van der Waals surface area contributed by atoms with Gasteiger partial charge in [-0.25, -0.2) is 0 Å². The molecule has 0 spiro atoms. The first kappa shape index (κ1) is 17.4. The number of carbonyl (C=O) groups is 1. The van der Waals surface area contributed by atoms with Gasteiger partial charge in [-0.15, -0.1) is 0 Å². The van der Waals surface area contributed by atoms with Gasteiger partial charge < -0.3 is 15.8 Å². The van der Waals surface area contributed by atoms with E-state index in [4.69, 9.17) is 10.5 Å². The molecule has 0 aromatic heterocycles. The number of amides is 1. The molecule has 1 saturated heterocycles. The number of nitrogens with zero attached hydrogens (tertiary/aromatic N) is 1. The molecule has 1 aliphatic heterocycles. The number of morpholine rings is 1. The van der Waals surface area contributed by atoms with Crippen molar-refractivity contribution in [3.05, 3.63) is 0 Å². The van der Waals surface area contributed by atoms with Crippen LogP contribution in [0.3, 0.4) is 0 Å². The number of rotatable bonds is 7. The number of ether oxygens (including phenoxy) is 1. The van der Waals surface area contributed by atoms with Crippen molar-refractivity contribution in [2.24, 2.45) is 11.7 Å². The summed E-state index contributed by atoms with van der Waals surface area (Å²) in [5, 5.41) is 3.04. The fourth-order valence-electron chi connectivity index (χ4n) is 2.73. The quantitative estimate of drug-likeness (QED) is 0.731. The minimum Gasteiger partial charge on any atom is -0.379 e. The van der Waals surface area contributed by atoms with Crippen LogP contribution in [0, 0.1) is 5.92 Å². The second-order valence-electron chi connectivity index (χ2n) is 6.34. The Kier molecular flexibility index (Phi) is 6.92. The standard InChI is InChI=1S/C15H31N3O2/c1-5-6-15(4,16)14(19)17-11-13(12(2)3)18-7-9-20-10-8-18/h12-13H,5-11,16H2,1-4H3,(H,17,19). The highest BCUT2D eigenvalue weighted by molar-refractivity contribution is 5.85. The lowest BCUT2D eigenvalue weighted by Gasteiger charge is -2.37. The highest BCUT2D eigenvalue weighted by Crippen LogP contribution is 2.13. The molecule has 0 radical (unpaired) electrons. The van der Waals surface area contributed by atoms with E-state index in [2.05, 4.69) is 24.1 Å². The van der Waals surface area contributed by atoms with Gasteiger partial charge in [0.25, 0.3) is 0 Å². The Labute approximate surface area is 123 Å². The fraction of sp³-hybridized carbons (Fsp3) is 0.933. The Morgan fingerprint density at radius 1 is 1.40 bits per heavy atom. The molecule has 2 unspecified atom stereocenters. The lowest BCUT2D eigenvalue weighted by Crippen LogP contribution is -2.56. The molecule has 0 bridgehead atoms. The highest BCUT2D eigenvalue weighted by Gasteiger charge is 2.29. The maximum Gasteiger partial charge on any atom is 0.239 e. The average molecular weight is 285 g/mol. The lowest BCUT2D eigenvalue weighted by atomic mass is 9.95. The van der Waals surface area contributed by atoms with E-state index in [1.54, 1.807) is 0 Å². The van der Waals surface area contributed by atoms with Crippen molar-refractivity contribution < 1.29 is 9.53 Å². The number of carbonyl (C=O) groups excluding carboxylic acids is 1. The van der Waals surface area contributed by atoms with Crippen molar-refractivity contribution in [3.8, 4) is 0 Å². The van der Waals surface area contributed by atoms with E-state index in [-0.39, 0.29) is 5.91 Å². The van der Waals surface area contributed by atoms with Crippen molar-refractivity contribution in [3.63, 3.8) is 0 Å². The van der Waals surface area contributed by atoms with E-state index in [1.807, 2.05) is 13.8 Å². The van der Waals surface area contributed by atoms with Crippen molar-refractivity contribution in [1.82, 2.24) is 10.2 Å². The molecule has 1 heterocycles. The second-order valence-corrected chi connectivity index (χ2v) is 6.34. The van der Waals surface area contributed by atoms with Crippen LogP contribution in [0.25, 0.3) is 0 Å². The average Bonchev–Trinajstić information content (AvgIpc) is 2.39. The zero-order valence-corrected chi connectivity index (χ0v) is 13.4. The van der Waals surface area contributed by atoms with E-state index in [0.717, 1.165) is 32.7 Å². The van der Waals surface area contributed by atoms with E-state index in [0.29, 0.717) is 24.9 Å². The fourth-order valence-corrected chi connectivity index (χ4v) is 2.73. The molecular weight excluding hydrogens is 254 g/mol. The number of hydrogen-bond donors (Lipinski definition) is 2. The van der Waals surface area contributed by atoms with Gasteiger partial charge >= 0.3 is 0 Å². The first-order chi connectivity index (χ1) is 9.38. The van der Waals surface area contributed by atoms with Crippen LogP contribution in [0.1, 0.15) is 40.5 Å². The van der Waals surface area contributed by atoms with Gasteiger partial charge in [-0.1, -0.05) is 27.2 Å². The van der Waals surface area contributed by atoms with Crippen LogP contribution in [0.4, 0.5) is 0 Å². The van der Waals surface area contributed by atoms with E-state index < -0.39 is 5.54 Å². The molecular formula is C15H31N3O2. The van der Waals surface area contributed by atoms with Gasteiger partial charge in [0.05, 0.1) is 18.8 Å². The zero-order valence-electron chi connectivity index (χ0n) is 13.4. The zero-order chi connectivity index (χ0) is 15.2. The maximum atomic E-state index is 12.2. The smallest absolute Gasteiger partial charge is 0.239 e. The van der Waals surface area contributed by atoms with Gasteiger partial charge in [-0.2, -0.15) is 0 Å². The Balaban J connectivity index is 2.52. The van der Waals surface area contributed by atoms with Crippen LogP contribution in [0.2, 0.25) is 0 Å². The van der Waals surface area contributed by atoms with Gasteiger partial charge in [0.1, 0.15) is 0 Å². The predicted octanol–water partition coefficient (Wildman–Crippen LogP) is 0.977. The normalized spacial score (nSPS) is 21.5. The Morgan fingerprint density at radius 2 is 2.00 bits per heavy atom. The molecule has 5 nitrogen and oxygen atoms in total. The SMILES string of the molecule is CCCC(C)(N)C(=O)NCC(C(C)C)N1CCOCC1. The minimum atomic E-state index is -0.763. The largest absolute Gasteiger partial charge is 0.379 e. The molecule has 5 heteroatoms. The van der Waals surface area contributed by atoms with Crippen molar-refractivity contribution in [2.45, 2.75) is 52.1 Å². The summed E-state index contributed by atoms with van der Waals surface area (Å²) in [5.74, 6) is 0.446. The minimum absolute atomic E-state index is 0.0433. The highest BCUT2D eigenvalue weighted by atomic mass is 16.5. The van der Waals surface area contributed by atoms with Crippen LogP contribution >= 0.6 is 0 Å².